The van der Waals surface area contributed by atoms with Crippen LogP contribution in [0.1, 0.15) is 5.69 Å². The summed E-state index contributed by atoms with van der Waals surface area (Å²) >= 11 is 0. The molecule has 2 heterocycles. The first kappa shape index (κ1) is 7.72. The van der Waals surface area contributed by atoms with Crippen LogP contribution in [0.25, 0.3) is 5.95 Å². The summed E-state index contributed by atoms with van der Waals surface area (Å²) in [6, 6.07) is 1.83. The Morgan fingerprint density at radius 3 is 2.92 bits per heavy atom. The molecule has 0 spiro atoms. The van der Waals surface area contributed by atoms with E-state index in [1.165, 1.54) is 0 Å². The largest absolute Gasteiger partial charge is 0.396 e. The van der Waals surface area contributed by atoms with Crippen molar-refractivity contribution in [3.8, 4) is 5.95 Å². The highest BCUT2D eigenvalue weighted by Crippen LogP contribution is 2.03. The van der Waals surface area contributed by atoms with Crippen molar-refractivity contribution >= 4 is 5.69 Å². The van der Waals surface area contributed by atoms with Crippen LogP contribution < -0.4 is 5.73 Å². The number of nitrogens with two attached hydrogens (primary N) is 1. The Morgan fingerprint density at radius 1 is 1.46 bits per heavy atom. The summed E-state index contributed by atoms with van der Waals surface area (Å²) in [6.45, 7) is 1.90. The Hall–Kier alpha value is -1.91. The molecule has 2 aromatic rings. The molecule has 0 radical (unpaired) electrons. The van der Waals surface area contributed by atoms with Crippen molar-refractivity contribution in [2.45, 2.75) is 6.92 Å². The highest BCUT2D eigenvalue weighted by Gasteiger charge is 2.00. The number of aryl methyl sites for hydroxylation is 1. The lowest BCUT2D eigenvalue weighted by atomic mass is 10.5. The second kappa shape index (κ2) is 2.85. The van der Waals surface area contributed by atoms with Gasteiger partial charge in [-0.05, 0) is 13.0 Å². The Labute approximate surface area is 75.2 Å². The van der Waals surface area contributed by atoms with Crippen LogP contribution in [0.15, 0.2) is 24.7 Å². The molecule has 0 aliphatic heterocycles. The molecule has 66 valence electrons. The molecule has 5 heteroatoms. The lowest BCUT2D eigenvalue weighted by Crippen LogP contribution is -2.01. The molecule has 0 unspecified atom stereocenters. The van der Waals surface area contributed by atoms with Crippen molar-refractivity contribution in [3.63, 3.8) is 0 Å². The van der Waals surface area contributed by atoms with E-state index >= 15 is 0 Å². The van der Waals surface area contributed by atoms with Crippen molar-refractivity contribution in [2.75, 3.05) is 5.73 Å². The monoisotopic (exact) mass is 175 g/mol. The van der Waals surface area contributed by atoms with Gasteiger partial charge < -0.3 is 5.73 Å². The van der Waals surface area contributed by atoms with Crippen LogP contribution in [0, 0.1) is 6.92 Å². The maximum absolute atomic E-state index is 5.52. The van der Waals surface area contributed by atoms with Gasteiger partial charge in [0.2, 0.25) is 0 Å². The van der Waals surface area contributed by atoms with Gasteiger partial charge in [0.25, 0.3) is 5.95 Å². The van der Waals surface area contributed by atoms with E-state index in [2.05, 4.69) is 15.1 Å². The molecule has 0 amide bonds. The molecule has 0 aliphatic rings. The highest BCUT2D eigenvalue weighted by atomic mass is 15.3. The third-order valence-corrected chi connectivity index (χ3v) is 1.59. The molecule has 2 N–H and O–H groups in total. The zero-order valence-corrected chi connectivity index (χ0v) is 7.18. The van der Waals surface area contributed by atoms with E-state index < -0.39 is 0 Å². The highest BCUT2D eigenvalue weighted by molar-refractivity contribution is 5.33. The second-order valence-corrected chi connectivity index (χ2v) is 2.72. The minimum absolute atomic E-state index is 0.539. The average molecular weight is 175 g/mol. The van der Waals surface area contributed by atoms with Crippen LogP contribution in [0.2, 0.25) is 0 Å². The second-order valence-electron chi connectivity index (χ2n) is 2.72. The quantitative estimate of drug-likeness (QED) is 0.687. The first-order valence-corrected chi connectivity index (χ1v) is 3.86. The minimum atomic E-state index is 0.539. The molecule has 0 aliphatic carbocycles. The van der Waals surface area contributed by atoms with Gasteiger partial charge in [-0.3, -0.25) is 0 Å². The van der Waals surface area contributed by atoms with Gasteiger partial charge in [0.05, 0.1) is 18.1 Å². The zero-order valence-electron chi connectivity index (χ0n) is 7.18. The van der Waals surface area contributed by atoms with E-state index in [0.717, 1.165) is 5.69 Å². The summed E-state index contributed by atoms with van der Waals surface area (Å²) in [6.07, 6.45) is 4.93. The molecular formula is C8H9N5. The first-order valence-electron chi connectivity index (χ1n) is 3.86. The predicted molar refractivity (Wildman–Crippen MR) is 48.3 cm³/mol. The van der Waals surface area contributed by atoms with Gasteiger partial charge in [0.15, 0.2) is 0 Å². The molecular weight excluding hydrogens is 166 g/mol. The number of anilines is 1. The Balaban J connectivity index is 2.46. The molecule has 13 heavy (non-hydrogen) atoms. The van der Waals surface area contributed by atoms with Gasteiger partial charge in [0.1, 0.15) is 0 Å². The van der Waals surface area contributed by atoms with Crippen LogP contribution in [-0.2, 0) is 0 Å². The normalized spacial score (nSPS) is 10.2. The molecule has 2 aromatic heterocycles. The van der Waals surface area contributed by atoms with Gasteiger partial charge in [-0.25, -0.2) is 14.6 Å². The molecule has 0 bridgehead atoms. The Morgan fingerprint density at radius 2 is 2.31 bits per heavy atom. The van der Waals surface area contributed by atoms with Gasteiger partial charge in [-0.2, -0.15) is 5.10 Å². The fraction of sp³-hybridized carbons (Fsp3) is 0.125. The van der Waals surface area contributed by atoms with Crippen LogP contribution in [0.4, 0.5) is 5.69 Å². The summed E-state index contributed by atoms with van der Waals surface area (Å²) < 4.78 is 1.54. The Bertz CT molecular complexity index is 420. The van der Waals surface area contributed by atoms with Crippen molar-refractivity contribution in [2.24, 2.45) is 0 Å². The zero-order chi connectivity index (χ0) is 9.26. The number of nitrogen functional groups attached to an aromatic ring is 1. The van der Waals surface area contributed by atoms with Crippen molar-refractivity contribution in [1.29, 1.82) is 0 Å². The van der Waals surface area contributed by atoms with Gasteiger partial charge >= 0.3 is 0 Å². The molecule has 5 nitrogen and oxygen atoms in total. The van der Waals surface area contributed by atoms with E-state index in [1.54, 1.807) is 23.3 Å². The van der Waals surface area contributed by atoms with Gasteiger partial charge in [0, 0.05) is 11.9 Å². The van der Waals surface area contributed by atoms with Crippen molar-refractivity contribution < 1.29 is 0 Å². The van der Waals surface area contributed by atoms with Crippen molar-refractivity contribution in [3.05, 3.63) is 30.4 Å². The number of hydrogen-bond acceptors (Lipinski definition) is 4. The third-order valence-electron chi connectivity index (χ3n) is 1.59. The lowest BCUT2D eigenvalue weighted by molar-refractivity contribution is 0.801. The molecule has 0 atom stereocenters. The van der Waals surface area contributed by atoms with E-state index in [9.17, 15) is 0 Å². The van der Waals surface area contributed by atoms with Crippen LogP contribution in [0.5, 0.6) is 0 Å². The van der Waals surface area contributed by atoms with Crippen molar-refractivity contribution in [1.82, 2.24) is 19.7 Å². The fourth-order valence-corrected chi connectivity index (χ4v) is 0.992. The van der Waals surface area contributed by atoms with Gasteiger partial charge in [-0.15, -0.1) is 0 Å². The molecule has 0 saturated carbocycles. The maximum Gasteiger partial charge on any atom is 0.250 e. The summed E-state index contributed by atoms with van der Waals surface area (Å²) in [5, 5.41) is 3.99. The van der Waals surface area contributed by atoms with Crippen LogP contribution >= 0.6 is 0 Å². The van der Waals surface area contributed by atoms with Crippen LogP contribution in [-0.4, -0.2) is 19.7 Å². The maximum atomic E-state index is 5.52. The molecule has 0 fully saturated rings. The lowest BCUT2D eigenvalue weighted by Gasteiger charge is -1.98. The van der Waals surface area contributed by atoms with Gasteiger partial charge in [-0.1, -0.05) is 0 Å². The van der Waals surface area contributed by atoms with E-state index in [-0.39, 0.29) is 0 Å². The molecule has 0 saturated heterocycles. The summed E-state index contributed by atoms with van der Waals surface area (Å²) in [4.78, 5) is 8.25. The fourth-order valence-electron chi connectivity index (χ4n) is 0.992. The minimum Gasteiger partial charge on any atom is -0.396 e. The smallest absolute Gasteiger partial charge is 0.250 e. The third kappa shape index (κ3) is 1.48. The number of rotatable bonds is 1. The Kier molecular flexibility index (Phi) is 1.70. The summed E-state index contributed by atoms with van der Waals surface area (Å²) in [5.41, 5.74) is 7.02. The predicted octanol–water partition coefficient (Wildman–Crippen LogP) is 0.553. The topological polar surface area (TPSA) is 69.6 Å². The number of hydrogen-bond donors (Lipinski definition) is 1. The standard InChI is InChI=1S/C8H9N5/c1-6-2-3-10-8(12-6)13-5-7(9)4-11-13/h2-5H,9H2,1H3. The molecule has 0 aromatic carbocycles. The summed E-state index contributed by atoms with van der Waals surface area (Å²) in [5.74, 6) is 0.539. The average Bonchev–Trinajstić information content (AvgIpc) is 2.52. The molecule has 2 rings (SSSR count). The SMILES string of the molecule is Cc1ccnc(-n2cc(N)cn2)n1. The van der Waals surface area contributed by atoms with E-state index in [4.69, 9.17) is 5.73 Å². The van der Waals surface area contributed by atoms with E-state index in [0.29, 0.717) is 11.6 Å². The number of aromatic nitrogens is 4. The summed E-state index contributed by atoms with van der Waals surface area (Å²) in [7, 11) is 0. The first-order chi connectivity index (χ1) is 6.25. The van der Waals surface area contributed by atoms with E-state index in [1.807, 2.05) is 13.0 Å². The number of nitrogens with zero attached hydrogens (tertiary/aromatic N) is 4. The van der Waals surface area contributed by atoms with Crippen LogP contribution in [0.3, 0.4) is 0 Å².